The summed E-state index contributed by atoms with van der Waals surface area (Å²) in [6, 6.07) is 13.4. The molecule has 1 aliphatic rings. The lowest BCUT2D eigenvalue weighted by molar-refractivity contribution is -0.150. The van der Waals surface area contributed by atoms with Crippen LogP contribution in [-0.2, 0) is 20.9 Å². The molecule has 2 aromatic carbocycles. The second-order valence-electron chi connectivity index (χ2n) is 7.18. The predicted molar refractivity (Wildman–Crippen MR) is 127 cm³/mol. The van der Waals surface area contributed by atoms with E-state index < -0.39 is 23.2 Å². The van der Waals surface area contributed by atoms with Gasteiger partial charge in [-0.1, -0.05) is 24.3 Å². The fraction of sp³-hybridized carbons (Fsp3) is 0.280. The van der Waals surface area contributed by atoms with Crippen LogP contribution in [0.2, 0.25) is 0 Å². The predicted octanol–water partition coefficient (Wildman–Crippen LogP) is 4.52. The summed E-state index contributed by atoms with van der Waals surface area (Å²) in [7, 11) is 0. The number of hydrogen-bond acceptors (Lipinski definition) is 8. The highest BCUT2D eigenvalue weighted by Crippen LogP contribution is 2.36. The van der Waals surface area contributed by atoms with E-state index >= 15 is 0 Å². The van der Waals surface area contributed by atoms with Crippen LogP contribution in [0.4, 0.5) is 4.79 Å². The van der Waals surface area contributed by atoms with E-state index in [1.807, 2.05) is 19.1 Å². The summed E-state index contributed by atoms with van der Waals surface area (Å²) < 4.78 is 16.5. The molecule has 3 rings (SSSR count). The first-order valence-electron chi connectivity index (χ1n) is 10.7. The van der Waals surface area contributed by atoms with Crippen LogP contribution in [0.3, 0.4) is 0 Å². The topological polar surface area (TPSA) is 106 Å². The lowest BCUT2D eigenvalue weighted by Gasteiger charge is -2.19. The van der Waals surface area contributed by atoms with Crippen molar-refractivity contribution in [3.8, 4) is 17.6 Å². The molecule has 2 amide bonds. The van der Waals surface area contributed by atoms with Crippen molar-refractivity contribution in [3.05, 3.63) is 64.1 Å². The molecule has 1 atom stereocenters. The van der Waals surface area contributed by atoms with Crippen LogP contribution in [0.15, 0.2) is 47.4 Å². The minimum atomic E-state index is -1.01. The molecule has 1 saturated heterocycles. The molecule has 0 aliphatic carbocycles. The third-order valence-electron chi connectivity index (χ3n) is 4.92. The number of benzene rings is 2. The molecule has 1 fully saturated rings. The van der Waals surface area contributed by atoms with Gasteiger partial charge in [0.25, 0.3) is 11.1 Å². The summed E-state index contributed by atoms with van der Waals surface area (Å²) in [6.07, 6.45) is 1.57. The van der Waals surface area contributed by atoms with Gasteiger partial charge >= 0.3 is 5.97 Å². The Morgan fingerprint density at radius 3 is 2.59 bits per heavy atom. The van der Waals surface area contributed by atoms with E-state index in [1.165, 1.54) is 6.92 Å². The number of esters is 1. The van der Waals surface area contributed by atoms with Crippen molar-refractivity contribution in [2.75, 3.05) is 13.2 Å². The lowest BCUT2D eigenvalue weighted by atomic mass is 10.1. The molecule has 9 heteroatoms. The SMILES string of the molecule is CCOC(=O)[C@H](C)N1C(=O)S/C(=C/c2ccc(OCc3ccccc3C#N)c(OCC)c2)C1=O. The summed E-state index contributed by atoms with van der Waals surface area (Å²) in [5, 5.41) is 8.73. The van der Waals surface area contributed by atoms with Crippen LogP contribution in [-0.4, -0.2) is 41.3 Å². The van der Waals surface area contributed by atoms with Crippen LogP contribution in [0.5, 0.6) is 11.5 Å². The molecule has 0 radical (unpaired) electrons. The van der Waals surface area contributed by atoms with Crippen LogP contribution in [0.25, 0.3) is 6.08 Å². The number of ether oxygens (including phenoxy) is 3. The number of nitriles is 1. The van der Waals surface area contributed by atoms with Crippen LogP contribution in [0.1, 0.15) is 37.5 Å². The van der Waals surface area contributed by atoms with Crippen molar-refractivity contribution < 1.29 is 28.6 Å². The Hall–Kier alpha value is -3.77. The van der Waals surface area contributed by atoms with Gasteiger partial charge in [0.05, 0.1) is 29.8 Å². The molecule has 8 nitrogen and oxygen atoms in total. The smallest absolute Gasteiger partial charge is 0.329 e. The van der Waals surface area contributed by atoms with Gasteiger partial charge in [0.1, 0.15) is 12.6 Å². The van der Waals surface area contributed by atoms with E-state index in [1.54, 1.807) is 43.3 Å². The number of carbonyl (C=O) groups excluding carboxylic acids is 3. The van der Waals surface area contributed by atoms with Crippen molar-refractivity contribution in [2.45, 2.75) is 33.4 Å². The first kappa shape index (κ1) is 24.9. The molecular formula is C25H24N2O6S. The minimum absolute atomic E-state index is 0.159. The van der Waals surface area contributed by atoms with Gasteiger partial charge in [0.2, 0.25) is 0 Å². The van der Waals surface area contributed by atoms with Crippen LogP contribution in [0, 0.1) is 11.3 Å². The maximum Gasteiger partial charge on any atom is 0.329 e. The highest BCUT2D eigenvalue weighted by atomic mass is 32.2. The molecule has 0 spiro atoms. The van der Waals surface area contributed by atoms with Gasteiger partial charge in [-0.05, 0) is 62.4 Å². The molecule has 0 saturated carbocycles. The van der Waals surface area contributed by atoms with Gasteiger partial charge < -0.3 is 14.2 Å². The van der Waals surface area contributed by atoms with Gasteiger partial charge in [0.15, 0.2) is 11.5 Å². The average Bonchev–Trinajstić information content (AvgIpc) is 3.11. The second-order valence-corrected chi connectivity index (χ2v) is 8.17. The third kappa shape index (κ3) is 5.58. The molecule has 0 unspecified atom stereocenters. The normalized spacial score (nSPS) is 15.2. The Balaban J connectivity index is 1.81. The summed E-state index contributed by atoms with van der Waals surface area (Å²) >= 11 is 0.764. The number of carbonyl (C=O) groups is 3. The standard InChI is InChI=1S/C25H24N2O6S/c1-4-31-21-12-17(10-11-20(21)33-15-19-9-7-6-8-18(19)14-26)13-22-23(28)27(25(30)34-22)16(3)24(29)32-5-2/h6-13,16H,4-5,15H2,1-3H3/b22-13+/t16-/m0/s1. The maximum absolute atomic E-state index is 12.8. The molecule has 1 heterocycles. The highest BCUT2D eigenvalue weighted by molar-refractivity contribution is 8.18. The number of nitrogens with zero attached hydrogens (tertiary/aromatic N) is 2. The second kappa shape index (κ2) is 11.4. The van der Waals surface area contributed by atoms with E-state index in [2.05, 4.69) is 6.07 Å². The van der Waals surface area contributed by atoms with Crippen molar-refractivity contribution >= 4 is 35.0 Å². The van der Waals surface area contributed by atoms with Crippen LogP contribution >= 0.6 is 11.8 Å². The van der Waals surface area contributed by atoms with E-state index in [-0.39, 0.29) is 18.1 Å². The Bertz CT molecular complexity index is 1170. The zero-order chi connectivity index (χ0) is 24.7. The Kier molecular flexibility index (Phi) is 8.33. The average molecular weight is 481 g/mol. The molecular weight excluding hydrogens is 456 g/mol. The monoisotopic (exact) mass is 480 g/mol. The molecule has 1 aliphatic heterocycles. The molecule has 0 bridgehead atoms. The molecule has 0 N–H and O–H groups in total. The van der Waals surface area contributed by atoms with E-state index in [0.29, 0.717) is 29.2 Å². The molecule has 34 heavy (non-hydrogen) atoms. The zero-order valence-electron chi connectivity index (χ0n) is 19.1. The van der Waals surface area contributed by atoms with E-state index in [9.17, 15) is 19.6 Å². The Labute approximate surface area is 202 Å². The quantitative estimate of drug-likeness (QED) is 0.381. The van der Waals surface area contributed by atoms with Crippen molar-refractivity contribution in [2.24, 2.45) is 0 Å². The number of thioether (sulfide) groups is 1. The van der Waals surface area contributed by atoms with Crippen molar-refractivity contribution in [1.82, 2.24) is 4.90 Å². The first-order chi connectivity index (χ1) is 16.4. The van der Waals surface area contributed by atoms with Gasteiger partial charge in [-0.2, -0.15) is 5.26 Å². The Morgan fingerprint density at radius 2 is 1.88 bits per heavy atom. The summed E-state index contributed by atoms with van der Waals surface area (Å²) in [4.78, 5) is 38.3. The summed E-state index contributed by atoms with van der Waals surface area (Å²) in [5.74, 6) is -0.244. The zero-order valence-corrected chi connectivity index (χ0v) is 19.9. The van der Waals surface area contributed by atoms with Crippen molar-refractivity contribution in [1.29, 1.82) is 5.26 Å². The van der Waals surface area contributed by atoms with Crippen LogP contribution < -0.4 is 9.47 Å². The third-order valence-corrected chi connectivity index (χ3v) is 5.81. The minimum Gasteiger partial charge on any atom is -0.490 e. The van der Waals surface area contributed by atoms with Gasteiger partial charge in [-0.3, -0.25) is 14.5 Å². The lowest BCUT2D eigenvalue weighted by Crippen LogP contribution is -2.42. The number of amides is 2. The highest BCUT2D eigenvalue weighted by Gasteiger charge is 2.41. The van der Waals surface area contributed by atoms with Gasteiger partial charge in [-0.15, -0.1) is 0 Å². The van der Waals surface area contributed by atoms with Crippen molar-refractivity contribution in [3.63, 3.8) is 0 Å². The Morgan fingerprint density at radius 1 is 1.12 bits per heavy atom. The maximum atomic E-state index is 12.8. The number of hydrogen-bond donors (Lipinski definition) is 0. The fourth-order valence-corrected chi connectivity index (χ4v) is 4.15. The van der Waals surface area contributed by atoms with Gasteiger partial charge in [0, 0.05) is 5.56 Å². The van der Waals surface area contributed by atoms with E-state index in [0.717, 1.165) is 22.2 Å². The van der Waals surface area contributed by atoms with E-state index in [4.69, 9.17) is 14.2 Å². The number of rotatable bonds is 9. The van der Waals surface area contributed by atoms with Gasteiger partial charge in [-0.25, -0.2) is 4.79 Å². The molecule has 2 aromatic rings. The first-order valence-corrected chi connectivity index (χ1v) is 11.5. The fourth-order valence-electron chi connectivity index (χ4n) is 3.25. The molecule has 0 aromatic heterocycles. The largest absolute Gasteiger partial charge is 0.490 e. The molecule has 176 valence electrons. The summed E-state index contributed by atoms with van der Waals surface area (Å²) in [6.45, 7) is 5.69. The summed E-state index contributed by atoms with van der Waals surface area (Å²) in [5.41, 5.74) is 1.91. The number of imide groups is 1.